The molecule has 2 rings (SSSR count). The highest BCUT2D eigenvalue weighted by Crippen LogP contribution is 2.23. The molecule has 0 aromatic carbocycles. The van der Waals surface area contributed by atoms with Crippen molar-refractivity contribution in [3.05, 3.63) is 17.8 Å². The zero-order chi connectivity index (χ0) is 6.97. The lowest BCUT2D eigenvalue weighted by molar-refractivity contribution is 1.03. The summed E-state index contributed by atoms with van der Waals surface area (Å²) in [4.78, 5) is 7.14. The standard InChI is InChI=1S/C7H7ClN2/c8-6-3-5-1-2-9-7(5)10-4-6/h1-2,4,6,9H,3H2. The van der Waals surface area contributed by atoms with Gasteiger partial charge in [-0.1, -0.05) is 0 Å². The lowest BCUT2D eigenvalue weighted by Crippen LogP contribution is -2.07. The minimum Gasteiger partial charge on any atom is -0.346 e. The van der Waals surface area contributed by atoms with Gasteiger partial charge in [-0.25, -0.2) is 4.99 Å². The summed E-state index contributed by atoms with van der Waals surface area (Å²) in [6, 6.07) is 2.02. The van der Waals surface area contributed by atoms with E-state index in [0.717, 1.165) is 12.2 Å². The van der Waals surface area contributed by atoms with Crippen LogP contribution in [0.15, 0.2) is 17.3 Å². The highest BCUT2D eigenvalue weighted by molar-refractivity contribution is 6.28. The molecule has 0 bridgehead atoms. The number of nitrogens with zero attached hydrogens (tertiary/aromatic N) is 1. The number of aromatic nitrogens is 1. The Labute approximate surface area is 63.9 Å². The van der Waals surface area contributed by atoms with Gasteiger partial charge in [0.15, 0.2) is 0 Å². The van der Waals surface area contributed by atoms with Gasteiger partial charge in [-0.05, 0) is 18.1 Å². The second-order valence-electron chi connectivity index (χ2n) is 2.35. The fraction of sp³-hybridized carbons (Fsp3) is 0.286. The van der Waals surface area contributed by atoms with Crippen molar-refractivity contribution < 1.29 is 0 Å². The molecule has 2 heterocycles. The van der Waals surface area contributed by atoms with Gasteiger partial charge in [0.25, 0.3) is 0 Å². The quantitative estimate of drug-likeness (QED) is 0.553. The first-order chi connectivity index (χ1) is 4.86. The molecule has 1 unspecified atom stereocenters. The first kappa shape index (κ1) is 5.98. The molecule has 10 heavy (non-hydrogen) atoms. The van der Waals surface area contributed by atoms with Crippen molar-refractivity contribution in [3.63, 3.8) is 0 Å². The van der Waals surface area contributed by atoms with E-state index in [4.69, 9.17) is 11.6 Å². The first-order valence-corrected chi connectivity index (χ1v) is 3.64. The molecule has 2 nitrogen and oxygen atoms in total. The number of alkyl halides is 1. The second-order valence-corrected chi connectivity index (χ2v) is 2.91. The van der Waals surface area contributed by atoms with Gasteiger partial charge < -0.3 is 4.98 Å². The molecule has 1 aliphatic heterocycles. The van der Waals surface area contributed by atoms with Gasteiger partial charge in [-0.3, -0.25) is 0 Å². The van der Waals surface area contributed by atoms with Crippen LogP contribution in [-0.4, -0.2) is 16.6 Å². The third-order valence-electron chi connectivity index (χ3n) is 1.59. The largest absolute Gasteiger partial charge is 0.346 e. The van der Waals surface area contributed by atoms with Crippen LogP contribution in [0.2, 0.25) is 0 Å². The average molecular weight is 155 g/mol. The number of H-pyrrole nitrogens is 1. The van der Waals surface area contributed by atoms with Gasteiger partial charge in [-0.2, -0.15) is 0 Å². The van der Waals surface area contributed by atoms with Gasteiger partial charge in [0.05, 0.1) is 5.38 Å². The predicted molar refractivity (Wildman–Crippen MR) is 42.3 cm³/mol. The van der Waals surface area contributed by atoms with E-state index in [-0.39, 0.29) is 5.38 Å². The lowest BCUT2D eigenvalue weighted by atomic mass is 10.1. The van der Waals surface area contributed by atoms with Crippen LogP contribution in [-0.2, 0) is 6.42 Å². The monoisotopic (exact) mass is 154 g/mol. The zero-order valence-electron chi connectivity index (χ0n) is 5.34. The number of aliphatic imine (C=N–C) groups is 1. The van der Waals surface area contributed by atoms with Crippen molar-refractivity contribution in [2.75, 3.05) is 0 Å². The number of nitrogens with one attached hydrogen (secondary N) is 1. The minimum atomic E-state index is 0.0725. The van der Waals surface area contributed by atoms with Gasteiger partial charge in [0.1, 0.15) is 5.82 Å². The van der Waals surface area contributed by atoms with E-state index in [0.29, 0.717) is 0 Å². The van der Waals surface area contributed by atoms with Crippen molar-refractivity contribution in [1.82, 2.24) is 4.98 Å². The van der Waals surface area contributed by atoms with E-state index in [1.807, 2.05) is 12.3 Å². The Morgan fingerprint density at radius 2 is 2.60 bits per heavy atom. The second kappa shape index (κ2) is 2.13. The molecule has 1 N–H and O–H groups in total. The first-order valence-electron chi connectivity index (χ1n) is 3.21. The summed E-state index contributed by atoms with van der Waals surface area (Å²) in [5, 5.41) is 0.0725. The number of fused-ring (bicyclic) bond motifs is 1. The summed E-state index contributed by atoms with van der Waals surface area (Å²) in [5.41, 5.74) is 1.21. The van der Waals surface area contributed by atoms with Crippen LogP contribution in [0.5, 0.6) is 0 Å². The maximum atomic E-state index is 5.84. The fourth-order valence-corrected chi connectivity index (χ4v) is 1.32. The number of hydrogen-bond donors (Lipinski definition) is 1. The molecule has 0 saturated heterocycles. The fourth-order valence-electron chi connectivity index (χ4n) is 1.10. The molecule has 0 spiro atoms. The maximum absolute atomic E-state index is 5.84. The topological polar surface area (TPSA) is 28.1 Å². The Hall–Kier alpha value is -0.760. The molecule has 1 aromatic heterocycles. The van der Waals surface area contributed by atoms with Crippen LogP contribution in [0.3, 0.4) is 0 Å². The van der Waals surface area contributed by atoms with Crippen LogP contribution < -0.4 is 0 Å². The van der Waals surface area contributed by atoms with E-state index in [1.54, 1.807) is 6.21 Å². The Morgan fingerprint density at radius 3 is 3.50 bits per heavy atom. The third-order valence-corrected chi connectivity index (χ3v) is 1.86. The minimum absolute atomic E-state index is 0.0725. The van der Waals surface area contributed by atoms with E-state index >= 15 is 0 Å². The van der Waals surface area contributed by atoms with Crippen molar-refractivity contribution in [1.29, 1.82) is 0 Å². The summed E-state index contributed by atoms with van der Waals surface area (Å²) in [7, 11) is 0. The highest BCUT2D eigenvalue weighted by atomic mass is 35.5. The van der Waals surface area contributed by atoms with Crippen LogP contribution in [0.1, 0.15) is 5.56 Å². The molecular weight excluding hydrogens is 148 g/mol. The molecule has 0 amide bonds. The molecule has 0 aliphatic carbocycles. The summed E-state index contributed by atoms with van der Waals surface area (Å²) < 4.78 is 0. The molecule has 52 valence electrons. The Morgan fingerprint density at radius 1 is 1.70 bits per heavy atom. The van der Waals surface area contributed by atoms with Gasteiger partial charge in [0, 0.05) is 12.4 Å². The van der Waals surface area contributed by atoms with Crippen LogP contribution in [0.25, 0.3) is 0 Å². The molecule has 3 heteroatoms. The van der Waals surface area contributed by atoms with E-state index in [9.17, 15) is 0 Å². The number of rotatable bonds is 0. The molecule has 1 aliphatic rings. The molecule has 0 saturated carbocycles. The van der Waals surface area contributed by atoms with E-state index in [2.05, 4.69) is 9.98 Å². The zero-order valence-corrected chi connectivity index (χ0v) is 6.10. The lowest BCUT2D eigenvalue weighted by Gasteiger charge is -2.07. The van der Waals surface area contributed by atoms with Crippen molar-refractivity contribution in [2.24, 2.45) is 4.99 Å². The summed E-state index contributed by atoms with van der Waals surface area (Å²) >= 11 is 5.84. The number of hydrogen-bond acceptors (Lipinski definition) is 1. The average Bonchev–Trinajstić information content (AvgIpc) is 2.33. The van der Waals surface area contributed by atoms with Crippen LogP contribution in [0.4, 0.5) is 5.82 Å². The number of halogens is 1. The predicted octanol–water partition coefficient (Wildman–Crippen LogP) is 1.88. The van der Waals surface area contributed by atoms with Crippen LogP contribution in [0, 0.1) is 0 Å². The Balaban J connectivity index is 2.43. The summed E-state index contributed by atoms with van der Waals surface area (Å²) in [6.07, 6.45) is 4.54. The number of aromatic amines is 1. The Bertz CT molecular complexity index is 264. The van der Waals surface area contributed by atoms with Crippen molar-refractivity contribution >= 4 is 23.6 Å². The molecule has 1 atom stereocenters. The molecular formula is C7H7ClN2. The Kier molecular flexibility index (Phi) is 1.27. The van der Waals surface area contributed by atoms with Gasteiger partial charge in [-0.15, -0.1) is 11.6 Å². The molecule has 1 aromatic rings. The van der Waals surface area contributed by atoms with Crippen molar-refractivity contribution in [2.45, 2.75) is 11.8 Å². The molecule has 0 fully saturated rings. The normalized spacial score (nSPS) is 22.7. The smallest absolute Gasteiger partial charge is 0.132 e. The SMILES string of the molecule is ClC1C=Nc2[nH]ccc2C1. The molecule has 0 radical (unpaired) electrons. The third kappa shape index (κ3) is 0.847. The van der Waals surface area contributed by atoms with Gasteiger partial charge in [0.2, 0.25) is 0 Å². The van der Waals surface area contributed by atoms with E-state index in [1.165, 1.54) is 5.56 Å². The van der Waals surface area contributed by atoms with E-state index < -0.39 is 0 Å². The summed E-state index contributed by atoms with van der Waals surface area (Å²) in [5.74, 6) is 0.955. The maximum Gasteiger partial charge on any atom is 0.132 e. The highest BCUT2D eigenvalue weighted by Gasteiger charge is 2.12. The van der Waals surface area contributed by atoms with Crippen LogP contribution >= 0.6 is 11.6 Å². The summed E-state index contributed by atoms with van der Waals surface area (Å²) in [6.45, 7) is 0. The van der Waals surface area contributed by atoms with Gasteiger partial charge >= 0.3 is 0 Å². The van der Waals surface area contributed by atoms with Crippen molar-refractivity contribution in [3.8, 4) is 0 Å².